The first-order chi connectivity index (χ1) is 5.79. The van der Waals surface area contributed by atoms with E-state index >= 15 is 0 Å². The summed E-state index contributed by atoms with van der Waals surface area (Å²) in [6.07, 6.45) is 10.2. The Hall–Kier alpha value is -0.520. The molecule has 2 rings (SSSR count). The molecule has 0 saturated carbocycles. The van der Waals surface area contributed by atoms with Crippen molar-refractivity contribution in [1.82, 2.24) is 0 Å². The van der Waals surface area contributed by atoms with Gasteiger partial charge in [-0.1, -0.05) is 37.1 Å². The Kier molecular flexibility index (Phi) is 2.08. The van der Waals surface area contributed by atoms with Crippen LogP contribution in [0.15, 0.2) is 23.3 Å². The molecule has 0 heteroatoms. The van der Waals surface area contributed by atoms with Crippen molar-refractivity contribution in [2.24, 2.45) is 11.8 Å². The van der Waals surface area contributed by atoms with E-state index in [4.69, 9.17) is 0 Å². The summed E-state index contributed by atoms with van der Waals surface area (Å²) in [6.45, 7) is 4.73. The van der Waals surface area contributed by atoms with E-state index in [1.54, 1.807) is 11.1 Å². The Labute approximate surface area is 75.4 Å². The highest BCUT2D eigenvalue weighted by atomic mass is 14.3. The van der Waals surface area contributed by atoms with Gasteiger partial charge >= 0.3 is 0 Å². The summed E-state index contributed by atoms with van der Waals surface area (Å²) in [4.78, 5) is 0. The monoisotopic (exact) mass is 162 g/mol. The lowest BCUT2D eigenvalue weighted by Crippen LogP contribution is -2.16. The van der Waals surface area contributed by atoms with Crippen LogP contribution in [0.3, 0.4) is 0 Å². The molecular formula is C12H18. The second kappa shape index (κ2) is 3.08. The van der Waals surface area contributed by atoms with E-state index in [9.17, 15) is 0 Å². The van der Waals surface area contributed by atoms with Gasteiger partial charge in [-0.25, -0.2) is 0 Å². The van der Waals surface area contributed by atoms with Crippen LogP contribution in [-0.4, -0.2) is 0 Å². The van der Waals surface area contributed by atoms with Crippen molar-refractivity contribution in [2.75, 3.05) is 0 Å². The molecule has 0 heterocycles. The summed E-state index contributed by atoms with van der Waals surface area (Å²) >= 11 is 0. The van der Waals surface area contributed by atoms with E-state index in [2.05, 4.69) is 26.0 Å². The Bertz CT molecular complexity index is 232. The molecule has 2 aliphatic carbocycles. The Balaban J connectivity index is 2.30. The van der Waals surface area contributed by atoms with Crippen LogP contribution in [0.2, 0.25) is 0 Å². The fourth-order valence-corrected chi connectivity index (χ4v) is 2.78. The van der Waals surface area contributed by atoms with Gasteiger partial charge in [0.05, 0.1) is 0 Å². The lowest BCUT2D eigenvalue weighted by molar-refractivity contribution is 0.486. The second-order valence-corrected chi connectivity index (χ2v) is 4.27. The van der Waals surface area contributed by atoms with Crippen LogP contribution in [0.4, 0.5) is 0 Å². The fourth-order valence-electron chi connectivity index (χ4n) is 2.78. The summed E-state index contributed by atoms with van der Waals surface area (Å²) in [5, 5.41) is 0. The normalized spacial score (nSPS) is 35.2. The maximum atomic E-state index is 2.39. The van der Waals surface area contributed by atoms with Crippen molar-refractivity contribution in [3.63, 3.8) is 0 Å². The van der Waals surface area contributed by atoms with Gasteiger partial charge in [-0.15, -0.1) is 0 Å². The maximum absolute atomic E-state index is 2.39. The van der Waals surface area contributed by atoms with E-state index in [0.29, 0.717) is 0 Å². The van der Waals surface area contributed by atoms with Crippen LogP contribution >= 0.6 is 0 Å². The molecule has 12 heavy (non-hydrogen) atoms. The van der Waals surface area contributed by atoms with Crippen LogP contribution in [0.5, 0.6) is 0 Å². The van der Waals surface area contributed by atoms with Crippen molar-refractivity contribution >= 4 is 0 Å². The molecule has 0 radical (unpaired) electrons. The first-order valence-electron chi connectivity index (χ1n) is 5.17. The van der Waals surface area contributed by atoms with E-state index in [-0.39, 0.29) is 0 Å². The molecule has 0 aliphatic heterocycles. The van der Waals surface area contributed by atoms with Gasteiger partial charge in [-0.3, -0.25) is 0 Å². The number of allylic oxidation sites excluding steroid dienone is 4. The summed E-state index contributed by atoms with van der Waals surface area (Å²) in [6, 6.07) is 0. The molecule has 2 aliphatic rings. The van der Waals surface area contributed by atoms with E-state index in [1.165, 1.54) is 25.7 Å². The SMILES string of the molecule is CC1C=CCC2=C1C(C)CCC2. The van der Waals surface area contributed by atoms with Gasteiger partial charge < -0.3 is 0 Å². The average Bonchev–Trinajstić information content (AvgIpc) is 2.04. The van der Waals surface area contributed by atoms with Gasteiger partial charge in [0.2, 0.25) is 0 Å². The zero-order valence-corrected chi connectivity index (χ0v) is 8.14. The lowest BCUT2D eigenvalue weighted by Gasteiger charge is -2.31. The molecule has 0 nitrogen and oxygen atoms in total. The fraction of sp³-hybridized carbons (Fsp3) is 0.667. The first-order valence-corrected chi connectivity index (χ1v) is 5.17. The zero-order chi connectivity index (χ0) is 8.55. The molecule has 0 spiro atoms. The third-order valence-corrected chi connectivity index (χ3v) is 3.33. The Morgan fingerprint density at radius 1 is 1.33 bits per heavy atom. The summed E-state index contributed by atoms with van der Waals surface area (Å²) in [5.41, 5.74) is 3.52. The largest absolute Gasteiger partial charge is 0.0839 e. The summed E-state index contributed by atoms with van der Waals surface area (Å²) < 4.78 is 0. The third kappa shape index (κ3) is 1.24. The minimum Gasteiger partial charge on any atom is -0.0839 e. The number of hydrogen-bond donors (Lipinski definition) is 0. The van der Waals surface area contributed by atoms with Crippen LogP contribution in [0.1, 0.15) is 39.5 Å². The first kappa shape index (κ1) is 8.10. The van der Waals surface area contributed by atoms with E-state index in [1.807, 2.05) is 0 Å². The molecule has 66 valence electrons. The third-order valence-electron chi connectivity index (χ3n) is 3.33. The lowest BCUT2D eigenvalue weighted by atomic mass is 9.74. The predicted octanol–water partition coefficient (Wildman–Crippen LogP) is 3.70. The van der Waals surface area contributed by atoms with E-state index in [0.717, 1.165) is 11.8 Å². The molecule has 0 saturated heterocycles. The van der Waals surface area contributed by atoms with Gasteiger partial charge in [0.15, 0.2) is 0 Å². The van der Waals surface area contributed by atoms with Crippen LogP contribution in [0.25, 0.3) is 0 Å². The van der Waals surface area contributed by atoms with Gasteiger partial charge in [-0.2, -0.15) is 0 Å². The summed E-state index contributed by atoms with van der Waals surface area (Å²) in [7, 11) is 0. The van der Waals surface area contributed by atoms with Crippen molar-refractivity contribution in [1.29, 1.82) is 0 Å². The topological polar surface area (TPSA) is 0 Å². The van der Waals surface area contributed by atoms with Gasteiger partial charge in [-0.05, 0) is 37.5 Å². The molecule has 0 aromatic heterocycles. The minimum atomic E-state index is 0.726. The highest BCUT2D eigenvalue weighted by molar-refractivity contribution is 5.30. The number of hydrogen-bond acceptors (Lipinski definition) is 0. The standard InChI is InChI=1S/C12H18/c1-9-5-3-7-11-8-4-6-10(2)12(9)11/h3,5,9-10H,4,6-8H2,1-2H3. The smallest absolute Gasteiger partial charge is 0.00461 e. The molecule has 2 atom stereocenters. The maximum Gasteiger partial charge on any atom is -0.00461 e. The van der Waals surface area contributed by atoms with E-state index < -0.39 is 0 Å². The van der Waals surface area contributed by atoms with Crippen molar-refractivity contribution < 1.29 is 0 Å². The highest BCUT2D eigenvalue weighted by Crippen LogP contribution is 2.38. The van der Waals surface area contributed by atoms with Crippen LogP contribution < -0.4 is 0 Å². The summed E-state index contributed by atoms with van der Waals surface area (Å²) in [5.74, 6) is 1.58. The quantitative estimate of drug-likeness (QED) is 0.476. The molecule has 0 aromatic carbocycles. The number of rotatable bonds is 0. The van der Waals surface area contributed by atoms with Crippen LogP contribution in [-0.2, 0) is 0 Å². The van der Waals surface area contributed by atoms with Crippen molar-refractivity contribution in [3.05, 3.63) is 23.3 Å². The van der Waals surface area contributed by atoms with Gasteiger partial charge in [0.1, 0.15) is 0 Å². The van der Waals surface area contributed by atoms with Gasteiger partial charge in [0.25, 0.3) is 0 Å². The zero-order valence-electron chi connectivity index (χ0n) is 8.14. The molecule has 0 aromatic rings. The average molecular weight is 162 g/mol. The molecule has 0 bridgehead atoms. The van der Waals surface area contributed by atoms with Crippen molar-refractivity contribution in [3.8, 4) is 0 Å². The molecule has 2 unspecified atom stereocenters. The molecular weight excluding hydrogens is 144 g/mol. The van der Waals surface area contributed by atoms with Crippen LogP contribution in [0, 0.1) is 11.8 Å². The predicted molar refractivity (Wildman–Crippen MR) is 53.0 cm³/mol. The molecule has 0 N–H and O–H groups in total. The van der Waals surface area contributed by atoms with Crippen molar-refractivity contribution in [2.45, 2.75) is 39.5 Å². The highest BCUT2D eigenvalue weighted by Gasteiger charge is 2.23. The second-order valence-electron chi connectivity index (χ2n) is 4.27. The molecule has 0 amide bonds. The molecule has 0 fully saturated rings. The Morgan fingerprint density at radius 2 is 2.17 bits per heavy atom. The van der Waals surface area contributed by atoms with Gasteiger partial charge in [0, 0.05) is 0 Å². The minimum absolute atomic E-state index is 0.726. The Morgan fingerprint density at radius 3 is 2.92 bits per heavy atom.